The van der Waals surface area contributed by atoms with E-state index in [0.29, 0.717) is 15.6 Å². The Balaban J connectivity index is 1.42. The molecule has 2 aromatic carbocycles. The van der Waals surface area contributed by atoms with Crippen molar-refractivity contribution < 1.29 is 9.72 Å². The fourth-order valence-electron chi connectivity index (χ4n) is 3.21. The van der Waals surface area contributed by atoms with Crippen molar-refractivity contribution in [2.24, 2.45) is 4.99 Å². The van der Waals surface area contributed by atoms with Crippen LogP contribution in [0.2, 0.25) is 0 Å². The molecule has 0 aliphatic carbocycles. The minimum Gasteiger partial charge on any atom is -0.368 e. The quantitative estimate of drug-likeness (QED) is 0.451. The predicted molar refractivity (Wildman–Crippen MR) is 111 cm³/mol. The zero-order valence-electron chi connectivity index (χ0n) is 15.0. The van der Waals surface area contributed by atoms with E-state index in [1.54, 1.807) is 18.2 Å². The highest BCUT2D eigenvalue weighted by molar-refractivity contribution is 8.18. The van der Waals surface area contributed by atoms with Gasteiger partial charge in [0.1, 0.15) is 0 Å². The molecule has 2 heterocycles. The van der Waals surface area contributed by atoms with E-state index in [-0.39, 0.29) is 11.6 Å². The highest BCUT2D eigenvalue weighted by Gasteiger charge is 2.28. The summed E-state index contributed by atoms with van der Waals surface area (Å²) in [5.74, 6) is -0.294. The standard InChI is InChI=1S/C20H18N4O3S/c25-19-18(14-15-5-4-8-17(13-15)24(26)27)28-20(21-19)23-11-9-22(10-12-23)16-6-2-1-3-7-16/h1-8,13-14H,9-12H2. The largest absolute Gasteiger partial charge is 0.368 e. The van der Waals surface area contributed by atoms with E-state index in [0.717, 1.165) is 26.2 Å². The SMILES string of the molecule is O=C1N=C(N2CCN(c3ccccc3)CC2)SC1=Cc1cccc([N+](=O)[O-])c1. The lowest BCUT2D eigenvalue weighted by Crippen LogP contribution is -2.47. The van der Waals surface area contributed by atoms with Gasteiger partial charge in [-0.3, -0.25) is 14.9 Å². The molecule has 2 aromatic rings. The van der Waals surface area contributed by atoms with Crippen molar-refractivity contribution in [2.45, 2.75) is 0 Å². The van der Waals surface area contributed by atoms with E-state index >= 15 is 0 Å². The van der Waals surface area contributed by atoms with Gasteiger partial charge < -0.3 is 9.80 Å². The minimum absolute atomic E-state index is 0.00275. The summed E-state index contributed by atoms with van der Waals surface area (Å²) in [6.07, 6.45) is 1.66. The van der Waals surface area contributed by atoms with E-state index < -0.39 is 4.92 Å². The lowest BCUT2D eigenvalue weighted by Gasteiger charge is -2.36. The fraction of sp³-hybridized carbons (Fsp3) is 0.200. The maximum atomic E-state index is 12.3. The number of carbonyl (C=O) groups excluding carboxylic acids is 1. The number of thioether (sulfide) groups is 1. The second-order valence-electron chi connectivity index (χ2n) is 6.47. The number of amides is 1. The lowest BCUT2D eigenvalue weighted by atomic mass is 10.2. The van der Waals surface area contributed by atoms with Gasteiger partial charge in [-0.15, -0.1) is 0 Å². The molecule has 1 amide bonds. The summed E-state index contributed by atoms with van der Waals surface area (Å²) in [4.78, 5) is 31.9. The highest BCUT2D eigenvalue weighted by Crippen LogP contribution is 2.31. The molecule has 0 aromatic heterocycles. The molecule has 0 saturated carbocycles. The van der Waals surface area contributed by atoms with E-state index in [4.69, 9.17) is 0 Å². The number of amidine groups is 1. The van der Waals surface area contributed by atoms with Crippen LogP contribution in [0.3, 0.4) is 0 Å². The Kier molecular flexibility index (Phi) is 5.12. The number of benzene rings is 2. The zero-order chi connectivity index (χ0) is 19.5. The number of rotatable bonds is 3. The van der Waals surface area contributed by atoms with Crippen molar-refractivity contribution in [3.63, 3.8) is 0 Å². The summed E-state index contributed by atoms with van der Waals surface area (Å²) in [5.41, 5.74) is 1.82. The number of hydrogen-bond acceptors (Lipinski definition) is 6. The third-order valence-corrected chi connectivity index (χ3v) is 5.70. The molecule has 8 heteroatoms. The topological polar surface area (TPSA) is 79.0 Å². The number of nitro benzene ring substituents is 1. The minimum atomic E-state index is -0.445. The first-order chi connectivity index (χ1) is 13.6. The monoisotopic (exact) mass is 394 g/mol. The maximum absolute atomic E-state index is 12.3. The van der Waals surface area contributed by atoms with E-state index in [1.807, 2.05) is 18.2 Å². The molecule has 2 aliphatic rings. The fourth-order valence-corrected chi connectivity index (χ4v) is 4.17. The van der Waals surface area contributed by atoms with Gasteiger partial charge in [-0.1, -0.05) is 30.3 Å². The van der Waals surface area contributed by atoms with Crippen molar-refractivity contribution in [2.75, 3.05) is 31.1 Å². The van der Waals surface area contributed by atoms with Crippen molar-refractivity contribution in [1.29, 1.82) is 0 Å². The van der Waals surface area contributed by atoms with Gasteiger partial charge in [-0.25, -0.2) is 0 Å². The molecule has 7 nitrogen and oxygen atoms in total. The number of nitro groups is 1. The molecule has 0 unspecified atom stereocenters. The van der Waals surface area contributed by atoms with Crippen molar-refractivity contribution >= 4 is 40.3 Å². The number of non-ortho nitro benzene ring substituents is 1. The molecule has 142 valence electrons. The van der Waals surface area contributed by atoms with Crippen LogP contribution in [0.15, 0.2) is 64.5 Å². The number of carbonyl (C=O) groups is 1. The Hall–Kier alpha value is -3.13. The molecule has 0 atom stereocenters. The first kappa shape index (κ1) is 18.2. The van der Waals surface area contributed by atoms with Gasteiger partial charge in [0.25, 0.3) is 11.6 Å². The average molecular weight is 394 g/mol. The van der Waals surface area contributed by atoms with Crippen molar-refractivity contribution in [3.05, 3.63) is 75.2 Å². The van der Waals surface area contributed by atoms with Crippen LogP contribution in [0.5, 0.6) is 0 Å². The normalized spacial score (nSPS) is 18.5. The van der Waals surface area contributed by atoms with Crippen LogP contribution in [0.1, 0.15) is 5.56 Å². The molecule has 4 rings (SSSR count). The summed E-state index contributed by atoms with van der Waals surface area (Å²) >= 11 is 1.33. The third kappa shape index (κ3) is 3.91. The van der Waals surface area contributed by atoms with Crippen LogP contribution >= 0.6 is 11.8 Å². The lowest BCUT2D eigenvalue weighted by molar-refractivity contribution is -0.384. The van der Waals surface area contributed by atoms with Gasteiger partial charge in [-0.2, -0.15) is 4.99 Å². The Bertz CT molecular complexity index is 966. The summed E-state index contributed by atoms with van der Waals surface area (Å²) in [7, 11) is 0. The van der Waals surface area contributed by atoms with E-state index in [9.17, 15) is 14.9 Å². The summed E-state index contributed by atoms with van der Waals surface area (Å²) in [6, 6.07) is 16.5. The zero-order valence-corrected chi connectivity index (χ0v) is 15.8. The van der Waals surface area contributed by atoms with Gasteiger partial charge in [0, 0.05) is 44.0 Å². The molecule has 2 aliphatic heterocycles. The molecule has 0 bridgehead atoms. The van der Waals surface area contributed by atoms with Crippen LogP contribution in [0.25, 0.3) is 6.08 Å². The second-order valence-corrected chi connectivity index (χ2v) is 7.48. The summed E-state index contributed by atoms with van der Waals surface area (Å²) < 4.78 is 0. The Morgan fingerprint density at radius 1 is 1.00 bits per heavy atom. The molecule has 28 heavy (non-hydrogen) atoms. The molecule has 0 spiro atoms. The van der Waals surface area contributed by atoms with E-state index in [1.165, 1.54) is 29.6 Å². The molecule has 1 saturated heterocycles. The van der Waals surface area contributed by atoms with E-state index in [2.05, 4.69) is 26.9 Å². The smallest absolute Gasteiger partial charge is 0.286 e. The Labute approximate surface area is 166 Å². The average Bonchev–Trinajstić information content (AvgIpc) is 3.09. The van der Waals surface area contributed by atoms with Crippen LogP contribution < -0.4 is 4.90 Å². The first-order valence-electron chi connectivity index (χ1n) is 8.92. The highest BCUT2D eigenvalue weighted by atomic mass is 32.2. The second kappa shape index (κ2) is 7.85. The van der Waals surface area contributed by atoms with Crippen molar-refractivity contribution in [1.82, 2.24) is 4.90 Å². The van der Waals surface area contributed by atoms with Crippen LogP contribution in [-0.4, -0.2) is 47.1 Å². The van der Waals surface area contributed by atoms with Gasteiger partial charge >= 0.3 is 0 Å². The van der Waals surface area contributed by atoms with Crippen LogP contribution in [0, 0.1) is 10.1 Å². The number of hydrogen-bond donors (Lipinski definition) is 0. The van der Waals surface area contributed by atoms with Crippen molar-refractivity contribution in [3.8, 4) is 0 Å². The molecule has 0 radical (unpaired) electrons. The molecular weight excluding hydrogens is 376 g/mol. The number of para-hydroxylation sites is 1. The van der Waals surface area contributed by atoms with Gasteiger partial charge in [-0.05, 0) is 35.5 Å². The number of nitrogens with zero attached hydrogens (tertiary/aromatic N) is 4. The number of anilines is 1. The number of aliphatic imine (C=N–C) groups is 1. The molecular formula is C20H18N4O3S. The Morgan fingerprint density at radius 3 is 2.43 bits per heavy atom. The van der Waals surface area contributed by atoms with Gasteiger partial charge in [0.15, 0.2) is 5.17 Å². The summed E-state index contributed by atoms with van der Waals surface area (Å²) in [5, 5.41) is 11.6. The molecule has 1 fully saturated rings. The van der Waals surface area contributed by atoms with Gasteiger partial charge in [0.05, 0.1) is 9.83 Å². The Morgan fingerprint density at radius 2 is 1.71 bits per heavy atom. The first-order valence-corrected chi connectivity index (χ1v) is 9.74. The van der Waals surface area contributed by atoms with Crippen LogP contribution in [0.4, 0.5) is 11.4 Å². The summed E-state index contributed by atoms with van der Waals surface area (Å²) in [6.45, 7) is 3.31. The van der Waals surface area contributed by atoms with Gasteiger partial charge in [0.2, 0.25) is 0 Å². The van der Waals surface area contributed by atoms with Crippen LogP contribution in [-0.2, 0) is 4.79 Å². The third-order valence-electron chi connectivity index (χ3n) is 4.66. The maximum Gasteiger partial charge on any atom is 0.286 e. The number of piperazine rings is 1. The predicted octanol–water partition coefficient (Wildman–Crippen LogP) is 3.39. The molecule has 0 N–H and O–H groups in total.